The lowest BCUT2D eigenvalue weighted by molar-refractivity contribution is -0.124. The fourth-order valence-electron chi connectivity index (χ4n) is 2.58. The van der Waals surface area contributed by atoms with Gasteiger partial charge in [0.25, 0.3) is 11.8 Å². The molecule has 0 aliphatic rings. The summed E-state index contributed by atoms with van der Waals surface area (Å²) in [6, 6.07) is 17.2. The molecule has 3 aromatic rings. The molecule has 0 bridgehead atoms. The molecule has 5 nitrogen and oxygen atoms in total. The molecule has 0 aliphatic carbocycles. The van der Waals surface area contributed by atoms with Gasteiger partial charge in [0.1, 0.15) is 17.2 Å². The SMILES string of the molecule is CN(C)C(=O)C(=Cc1ccc(-c2ccc(Cl)cc2Cl)o1)NC(=O)c1ccccc1. The molecular formula is C22H18Cl2N2O3. The maximum Gasteiger partial charge on any atom is 0.269 e. The monoisotopic (exact) mass is 428 g/mol. The Bertz CT molecular complexity index is 1070. The Balaban J connectivity index is 1.91. The maximum atomic E-state index is 12.5. The molecule has 2 amide bonds. The van der Waals surface area contributed by atoms with Crippen molar-refractivity contribution in [1.29, 1.82) is 0 Å². The molecule has 0 radical (unpaired) electrons. The van der Waals surface area contributed by atoms with Gasteiger partial charge >= 0.3 is 0 Å². The highest BCUT2D eigenvalue weighted by molar-refractivity contribution is 6.36. The number of likely N-dealkylation sites (N-methyl/N-ethyl adjacent to an activating group) is 1. The molecule has 1 N–H and O–H groups in total. The Hall–Kier alpha value is -3.02. The van der Waals surface area contributed by atoms with Crippen molar-refractivity contribution in [3.8, 4) is 11.3 Å². The molecule has 1 heterocycles. The molecule has 0 spiro atoms. The van der Waals surface area contributed by atoms with Crippen LogP contribution in [0.3, 0.4) is 0 Å². The zero-order chi connectivity index (χ0) is 21.0. The van der Waals surface area contributed by atoms with E-state index in [-0.39, 0.29) is 17.5 Å². The smallest absolute Gasteiger partial charge is 0.269 e. The summed E-state index contributed by atoms with van der Waals surface area (Å²) >= 11 is 12.2. The Kier molecular flexibility index (Phi) is 6.42. The lowest BCUT2D eigenvalue weighted by atomic mass is 10.2. The number of nitrogens with one attached hydrogen (secondary N) is 1. The van der Waals surface area contributed by atoms with Crippen molar-refractivity contribution < 1.29 is 14.0 Å². The summed E-state index contributed by atoms with van der Waals surface area (Å²) in [4.78, 5) is 26.4. The Morgan fingerprint density at radius 1 is 1.00 bits per heavy atom. The molecule has 0 aliphatic heterocycles. The number of benzene rings is 2. The quantitative estimate of drug-likeness (QED) is 0.574. The van der Waals surface area contributed by atoms with Crippen LogP contribution < -0.4 is 5.32 Å². The lowest BCUT2D eigenvalue weighted by Crippen LogP contribution is -2.34. The lowest BCUT2D eigenvalue weighted by Gasteiger charge is -2.14. The Morgan fingerprint density at radius 2 is 1.72 bits per heavy atom. The van der Waals surface area contributed by atoms with E-state index in [9.17, 15) is 9.59 Å². The summed E-state index contributed by atoms with van der Waals surface area (Å²) in [5.41, 5.74) is 1.20. The van der Waals surface area contributed by atoms with Gasteiger partial charge in [-0.15, -0.1) is 0 Å². The molecular weight excluding hydrogens is 411 g/mol. The van der Waals surface area contributed by atoms with Crippen molar-refractivity contribution in [2.24, 2.45) is 0 Å². The van der Waals surface area contributed by atoms with Gasteiger partial charge in [-0.05, 0) is 42.5 Å². The molecule has 148 valence electrons. The first-order valence-electron chi connectivity index (χ1n) is 8.70. The zero-order valence-electron chi connectivity index (χ0n) is 15.8. The van der Waals surface area contributed by atoms with Crippen LogP contribution in [0.2, 0.25) is 10.0 Å². The number of carbonyl (C=O) groups excluding carboxylic acids is 2. The van der Waals surface area contributed by atoms with Gasteiger partial charge in [-0.2, -0.15) is 0 Å². The van der Waals surface area contributed by atoms with Gasteiger partial charge < -0.3 is 14.6 Å². The van der Waals surface area contributed by atoms with Crippen LogP contribution in [-0.2, 0) is 4.79 Å². The maximum absolute atomic E-state index is 12.5. The summed E-state index contributed by atoms with van der Waals surface area (Å²) in [7, 11) is 3.21. The predicted octanol–water partition coefficient (Wildman–Crippen LogP) is 5.11. The van der Waals surface area contributed by atoms with Crippen LogP contribution in [0.15, 0.2) is 70.8 Å². The molecule has 0 saturated carbocycles. The first kappa shape index (κ1) is 20.7. The van der Waals surface area contributed by atoms with Gasteiger partial charge in [-0.25, -0.2) is 0 Å². The minimum atomic E-state index is -0.389. The van der Waals surface area contributed by atoms with E-state index in [0.29, 0.717) is 32.7 Å². The number of nitrogens with zero attached hydrogens (tertiary/aromatic N) is 1. The third-order valence-corrected chi connectivity index (χ3v) is 4.58. The van der Waals surface area contributed by atoms with Crippen LogP contribution in [0.5, 0.6) is 0 Å². The third kappa shape index (κ3) is 5.08. The highest BCUT2D eigenvalue weighted by Crippen LogP contribution is 2.32. The highest BCUT2D eigenvalue weighted by atomic mass is 35.5. The number of hydrogen-bond donors (Lipinski definition) is 1. The van der Waals surface area contributed by atoms with Crippen molar-refractivity contribution in [1.82, 2.24) is 10.2 Å². The second-order valence-corrected chi connectivity index (χ2v) is 7.25. The summed E-state index contributed by atoms with van der Waals surface area (Å²) in [5.74, 6) is 0.157. The van der Waals surface area contributed by atoms with Crippen LogP contribution in [0.1, 0.15) is 16.1 Å². The Morgan fingerprint density at radius 3 is 2.38 bits per heavy atom. The zero-order valence-corrected chi connectivity index (χ0v) is 17.3. The van der Waals surface area contributed by atoms with Crippen molar-refractivity contribution in [3.63, 3.8) is 0 Å². The van der Waals surface area contributed by atoms with Crippen LogP contribution in [0.25, 0.3) is 17.4 Å². The molecule has 3 rings (SSSR count). The average molecular weight is 429 g/mol. The van der Waals surface area contributed by atoms with Crippen molar-refractivity contribution in [2.45, 2.75) is 0 Å². The van der Waals surface area contributed by atoms with Crippen LogP contribution in [-0.4, -0.2) is 30.8 Å². The van der Waals surface area contributed by atoms with E-state index >= 15 is 0 Å². The molecule has 0 saturated heterocycles. The molecule has 1 aromatic heterocycles. The number of amides is 2. The first-order valence-corrected chi connectivity index (χ1v) is 9.46. The normalized spacial score (nSPS) is 11.2. The van der Waals surface area contributed by atoms with Crippen molar-refractivity contribution >= 4 is 41.1 Å². The topological polar surface area (TPSA) is 62.6 Å². The summed E-state index contributed by atoms with van der Waals surface area (Å²) in [5, 5.41) is 3.63. The third-order valence-electron chi connectivity index (χ3n) is 4.03. The number of furan rings is 1. The number of rotatable bonds is 5. The van der Waals surface area contributed by atoms with Crippen LogP contribution >= 0.6 is 23.2 Å². The van der Waals surface area contributed by atoms with E-state index in [4.69, 9.17) is 27.6 Å². The molecule has 2 aromatic carbocycles. The minimum Gasteiger partial charge on any atom is -0.457 e. The highest BCUT2D eigenvalue weighted by Gasteiger charge is 2.17. The molecule has 0 fully saturated rings. The van der Waals surface area contributed by atoms with E-state index in [1.165, 1.54) is 11.0 Å². The molecule has 7 heteroatoms. The Labute approximate surface area is 178 Å². The molecule has 29 heavy (non-hydrogen) atoms. The van der Waals surface area contributed by atoms with E-state index in [0.717, 1.165) is 0 Å². The average Bonchev–Trinajstić information content (AvgIpc) is 3.15. The largest absolute Gasteiger partial charge is 0.457 e. The fourth-order valence-corrected chi connectivity index (χ4v) is 3.08. The van der Waals surface area contributed by atoms with E-state index in [1.54, 1.807) is 68.7 Å². The van der Waals surface area contributed by atoms with Crippen LogP contribution in [0, 0.1) is 0 Å². The summed E-state index contributed by atoms with van der Waals surface area (Å²) < 4.78 is 5.81. The van der Waals surface area contributed by atoms with Crippen molar-refractivity contribution in [2.75, 3.05) is 14.1 Å². The van der Waals surface area contributed by atoms with E-state index in [1.807, 2.05) is 6.07 Å². The predicted molar refractivity (Wildman–Crippen MR) is 115 cm³/mol. The van der Waals surface area contributed by atoms with Gasteiger partial charge in [0.05, 0.1) is 5.02 Å². The van der Waals surface area contributed by atoms with E-state index in [2.05, 4.69) is 5.32 Å². The summed E-state index contributed by atoms with van der Waals surface area (Å²) in [6.45, 7) is 0. The van der Waals surface area contributed by atoms with Gasteiger partial charge in [0.15, 0.2) is 0 Å². The van der Waals surface area contributed by atoms with Gasteiger partial charge in [-0.3, -0.25) is 9.59 Å². The minimum absolute atomic E-state index is 0.0898. The standard InChI is InChI=1S/C22H18Cl2N2O3/c1-26(2)22(28)19(25-21(27)14-6-4-3-5-7-14)13-16-9-11-20(29-16)17-10-8-15(23)12-18(17)24/h3-13H,1-2H3,(H,25,27). The second kappa shape index (κ2) is 8.99. The second-order valence-electron chi connectivity index (χ2n) is 6.40. The number of halogens is 2. The first-order chi connectivity index (χ1) is 13.8. The van der Waals surface area contributed by atoms with Gasteiger partial charge in [0.2, 0.25) is 0 Å². The van der Waals surface area contributed by atoms with Crippen molar-refractivity contribution in [3.05, 3.63) is 87.7 Å². The molecule has 0 unspecified atom stereocenters. The summed E-state index contributed by atoms with van der Waals surface area (Å²) in [6.07, 6.45) is 1.48. The number of carbonyl (C=O) groups is 2. The van der Waals surface area contributed by atoms with Gasteiger partial charge in [0, 0.05) is 36.3 Å². The van der Waals surface area contributed by atoms with E-state index < -0.39 is 0 Å². The van der Waals surface area contributed by atoms with Gasteiger partial charge in [-0.1, -0.05) is 41.4 Å². The molecule has 0 atom stereocenters. The van der Waals surface area contributed by atoms with Crippen LogP contribution in [0.4, 0.5) is 0 Å². The fraction of sp³-hybridized carbons (Fsp3) is 0.0909. The number of hydrogen-bond acceptors (Lipinski definition) is 3.